The Morgan fingerprint density at radius 1 is 1.20 bits per heavy atom. The fourth-order valence-corrected chi connectivity index (χ4v) is 0.794. The second-order valence-electron chi connectivity index (χ2n) is 2.42. The van der Waals surface area contributed by atoms with Crippen molar-refractivity contribution in [3.63, 3.8) is 0 Å². The van der Waals surface area contributed by atoms with Crippen LogP contribution >= 0.6 is 0 Å². The molecule has 0 aliphatic heterocycles. The van der Waals surface area contributed by atoms with Crippen LogP contribution in [0.25, 0.3) is 0 Å². The van der Waals surface area contributed by atoms with Crippen LogP contribution in [0.4, 0.5) is 0 Å². The number of unbranched alkanes of at least 4 members (excludes halogenated alkanes) is 3. The van der Waals surface area contributed by atoms with Gasteiger partial charge in [-0.1, -0.05) is 31.9 Å². The van der Waals surface area contributed by atoms with Gasteiger partial charge in [0, 0.05) is 7.11 Å². The molecule has 0 heterocycles. The maximum Gasteiger partial charge on any atom is 0.0643 e. The molecule has 0 aromatic heterocycles. The zero-order valence-corrected chi connectivity index (χ0v) is 7.10. The molecule has 0 N–H and O–H groups in total. The van der Waals surface area contributed by atoms with E-state index in [4.69, 9.17) is 4.74 Å². The van der Waals surface area contributed by atoms with Gasteiger partial charge >= 0.3 is 0 Å². The average Bonchev–Trinajstić information content (AvgIpc) is 1.97. The number of allylic oxidation sites excluding steroid dienone is 1. The predicted octanol–water partition coefficient (Wildman–Crippen LogP) is 2.77. The van der Waals surface area contributed by atoms with E-state index in [9.17, 15) is 0 Å². The van der Waals surface area contributed by atoms with Gasteiger partial charge < -0.3 is 4.74 Å². The van der Waals surface area contributed by atoms with Crippen LogP contribution in [0.3, 0.4) is 0 Å². The van der Waals surface area contributed by atoms with E-state index in [0.29, 0.717) is 0 Å². The molecule has 0 atom stereocenters. The van der Waals surface area contributed by atoms with Crippen LogP contribution < -0.4 is 0 Å². The van der Waals surface area contributed by atoms with Crippen molar-refractivity contribution < 1.29 is 4.74 Å². The van der Waals surface area contributed by atoms with Crippen molar-refractivity contribution in [3.8, 4) is 0 Å². The molecule has 0 fully saturated rings. The topological polar surface area (TPSA) is 9.23 Å². The van der Waals surface area contributed by atoms with Gasteiger partial charge in [0.05, 0.1) is 6.61 Å². The van der Waals surface area contributed by atoms with Crippen molar-refractivity contribution in [1.29, 1.82) is 0 Å². The van der Waals surface area contributed by atoms with Gasteiger partial charge in [-0.05, 0) is 12.8 Å². The molecule has 60 valence electrons. The van der Waals surface area contributed by atoms with E-state index >= 15 is 0 Å². The number of rotatable bonds is 6. The standard InChI is InChI=1S/C9H18O/c1-3-4-5-6-7-8-9-10-2/h7-8H,3-6,9H2,1-2H3. The highest BCUT2D eigenvalue weighted by Crippen LogP contribution is 1.98. The fourth-order valence-electron chi connectivity index (χ4n) is 0.794. The third kappa shape index (κ3) is 7.70. The Morgan fingerprint density at radius 3 is 2.60 bits per heavy atom. The van der Waals surface area contributed by atoms with Crippen molar-refractivity contribution >= 4 is 0 Å². The summed E-state index contributed by atoms with van der Waals surface area (Å²) >= 11 is 0. The summed E-state index contributed by atoms with van der Waals surface area (Å²) < 4.78 is 4.86. The highest BCUT2D eigenvalue weighted by Gasteiger charge is 1.80. The Hall–Kier alpha value is -0.300. The molecule has 0 rings (SSSR count). The Bertz CT molecular complexity index is 76.8. The lowest BCUT2D eigenvalue weighted by atomic mass is 10.2. The summed E-state index contributed by atoms with van der Waals surface area (Å²) in [5.41, 5.74) is 0. The van der Waals surface area contributed by atoms with E-state index in [1.807, 2.05) is 0 Å². The molecule has 1 nitrogen and oxygen atoms in total. The fraction of sp³-hybridized carbons (Fsp3) is 0.778. The van der Waals surface area contributed by atoms with Gasteiger partial charge in [0.1, 0.15) is 0 Å². The summed E-state index contributed by atoms with van der Waals surface area (Å²) in [4.78, 5) is 0. The molecule has 0 bridgehead atoms. The molecular formula is C9H18O. The van der Waals surface area contributed by atoms with Crippen LogP contribution in [0, 0.1) is 0 Å². The van der Waals surface area contributed by atoms with Gasteiger partial charge in [0.2, 0.25) is 0 Å². The summed E-state index contributed by atoms with van der Waals surface area (Å²) in [5.74, 6) is 0. The maximum atomic E-state index is 4.86. The normalized spacial score (nSPS) is 11.0. The summed E-state index contributed by atoms with van der Waals surface area (Å²) in [5, 5.41) is 0. The smallest absolute Gasteiger partial charge is 0.0643 e. The highest BCUT2D eigenvalue weighted by atomic mass is 16.5. The largest absolute Gasteiger partial charge is 0.381 e. The summed E-state index contributed by atoms with van der Waals surface area (Å²) in [6.45, 7) is 2.98. The molecule has 0 aromatic carbocycles. The zero-order valence-electron chi connectivity index (χ0n) is 7.10. The van der Waals surface area contributed by atoms with Crippen LogP contribution in [-0.4, -0.2) is 13.7 Å². The lowest BCUT2D eigenvalue weighted by molar-refractivity contribution is 0.233. The molecule has 1 heteroatoms. The quantitative estimate of drug-likeness (QED) is 0.409. The Kier molecular flexibility index (Phi) is 8.44. The third-order valence-electron chi connectivity index (χ3n) is 1.40. The highest BCUT2D eigenvalue weighted by molar-refractivity contribution is 4.80. The SMILES string of the molecule is CCCCCC=CCOC. The van der Waals surface area contributed by atoms with Gasteiger partial charge in [-0.3, -0.25) is 0 Å². The van der Waals surface area contributed by atoms with Crippen molar-refractivity contribution in [1.82, 2.24) is 0 Å². The number of methoxy groups -OCH3 is 1. The van der Waals surface area contributed by atoms with E-state index in [1.54, 1.807) is 7.11 Å². The molecule has 0 aliphatic carbocycles. The molecule has 0 spiro atoms. The molecule has 0 saturated heterocycles. The number of hydrogen-bond donors (Lipinski definition) is 0. The first-order valence-corrected chi connectivity index (χ1v) is 4.05. The molecular weight excluding hydrogens is 124 g/mol. The number of hydrogen-bond acceptors (Lipinski definition) is 1. The van der Waals surface area contributed by atoms with E-state index < -0.39 is 0 Å². The maximum absolute atomic E-state index is 4.86. The predicted molar refractivity (Wildman–Crippen MR) is 45.2 cm³/mol. The second-order valence-corrected chi connectivity index (χ2v) is 2.42. The van der Waals surface area contributed by atoms with Crippen molar-refractivity contribution in [2.24, 2.45) is 0 Å². The van der Waals surface area contributed by atoms with Crippen molar-refractivity contribution in [2.75, 3.05) is 13.7 Å². The molecule has 0 amide bonds. The van der Waals surface area contributed by atoms with Gasteiger partial charge in [-0.25, -0.2) is 0 Å². The molecule has 0 radical (unpaired) electrons. The van der Waals surface area contributed by atoms with E-state index in [2.05, 4.69) is 19.1 Å². The van der Waals surface area contributed by atoms with Crippen LogP contribution in [0.15, 0.2) is 12.2 Å². The van der Waals surface area contributed by atoms with Crippen LogP contribution in [0.2, 0.25) is 0 Å². The molecule has 0 unspecified atom stereocenters. The monoisotopic (exact) mass is 142 g/mol. The van der Waals surface area contributed by atoms with Crippen molar-refractivity contribution in [3.05, 3.63) is 12.2 Å². The van der Waals surface area contributed by atoms with E-state index in [1.165, 1.54) is 25.7 Å². The van der Waals surface area contributed by atoms with Gasteiger partial charge in [0.25, 0.3) is 0 Å². The number of ether oxygens (including phenoxy) is 1. The Balaban J connectivity index is 2.88. The Labute approximate surface area is 64.1 Å². The second kappa shape index (κ2) is 8.70. The minimum absolute atomic E-state index is 0.756. The molecule has 0 aromatic rings. The van der Waals surface area contributed by atoms with E-state index in [0.717, 1.165) is 6.61 Å². The van der Waals surface area contributed by atoms with Crippen LogP contribution in [0.1, 0.15) is 32.6 Å². The van der Waals surface area contributed by atoms with Crippen LogP contribution in [-0.2, 0) is 4.74 Å². The zero-order chi connectivity index (χ0) is 7.66. The van der Waals surface area contributed by atoms with Gasteiger partial charge in [0.15, 0.2) is 0 Å². The first-order chi connectivity index (χ1) is 4.91. The first kappa shape index (κ1) is 9.70. The minimum atomic E-state index is 0.756. The molecule has 0 saturated carbocycles. The van der Waals surface area contributed by atoms with Crippen LogP contribution in [0.5, 0.6) is 0 Å². The van der Waals surface area contributed by atoms with E-state index in [-0.39, 0.29) is 0 Å². The van der Waals surface area contributed by atoms with Gasteiger partial charge in [-0.2, -0.15) is 0 Å². The average molecular weight is 142 g/mol. The lowest BCUT2D eigenvalue weighted by Crippen LogP contribution is -1.80. The van der Waals surface area contributed by atoms with Crippen molar-refractivity contribution in [2.45, 2.75) is 32.6 Å². The lowest BCUT2D eigenvalue weighted by Gasteiger charge is -1.91. The summed E-state index contributed by atoms with van der Waals surface area (Å²) in [6.07, 6.45) is 9.44. The molecule has 0 aliphatic rings. The first-order valence-electron chi connectivity index (χ1n) is 4.05. The summed E-state index contributed by atoms with van der Waals surface area (Å²) in [6, 6.07) is 0. The Morgan fingerprint density at radius 2 is 2.00 bits per heavy atom. The third-order valence-corrected chi connectivity index (χ3v) is 1.40. The van der Waals surface area contributed by atoms with Gasteiger partial charge in [-0.15, -0.1) is 0 Å². The minimum Gasteiger partial charge on any atom is -0.381 e. The molecule has 10 heavy (non-hydrogen) atoms. The summed E-state index contributed by atoms with van der Waals surface area (Å²) in [7, 11) is 1.72.